The first-order valence-electron chi connectivity index (χ1n) is 6.47. The van der Waals surface area contributed by atoms with Crippen molar-refractivity contribution in [2.75, 3.05) is 0 Å². The number of hydrogen-bond donors (Lipinski definition) is 2. The van der Waals surface area contributed by atoms with E-state index in [9.17, 15) is 27.5 Å². The van der Waals surface area contributed by atoms with Gasteiger partial charge >= 0.3 is 6.18 Å². The highest BCUT2D eigenvalue weighted by molar-refractivity contribution is 9.11. The molecular formula is C15H8Br2F4N2O2. The molecule has 1 amide bonds. The summed E-state index contributed by atoms with van der Waals surface area (Å²) in [7, 11) is 0. The van der Waals surface area contributed by atoms with Crippen LogP contribution in [-0.2, 0) is 6.18 Å². The van der Waals surface area contributed by atoms with Crippen LogP contribution in [0.2, 0.25) is 0 Å². The molecule has 0 spiro atoms. The second-order valence-corrected chi connectivity index (χ2v) is 6.49. The number of amides is 1. The van der Waals surface area contributed by atoms with Gasteiger partial charge in [-0.25, -0.2) is 9.82 Å². The molecule has 0 aromatic heterocycles. The van der Waals surface area contributed by atoms with E-state index < -0.39 is 29.0 Å². The normalized spacial score (nSPS) is 11.8. The molecule has 0 aliphatic rings. The number of hydrazone groups is 1. The van der Waals surface area contributed by atoms with Crippen molar-refractivity contribution >= 4 is 44.0 Å². The molecule has 2 N–H and O–H groups in total. The summed E-state index contributed by atoms with van der Waals surface area (Å²) in [6.07, 6.45) is -3.61. The monoisotopic (exact) mass is 482 g/mol. The number of benzene rings is 2. The van der Waals surface area contributed by atoms with Crippen LogP contribution in [0, 0.1) is 5.82 Å². The van der Waals surface area contributed by atoms with Crippen LogP contribution in [0.4, 0.5) is 17.6 Å². The van der Waals surface area contributed by atoms with Gasteiger partial charge in [-0.2, -0.15) is 18.3 Å². The molecule has 0 radical (unpaired) electrons. The fourth-order valence-corrected chi connectivity index (χ4v) is 3.04. The third-order valence-electron chi connectivity index (χ3n) is 2.97. The zero-order chi connectivity index (χ0) is 18.8. The van der Waals surface area contributed by atoms with Crippen LogP contribution >= 0.6 is 31.9 Å². The second kappa shape index (κ2) is 7.52. The number of rotatable bonds is 3. The van der Waals surface area contributed by atoms with E-state index in [0.717, 1.165) is 12.3 Å². The summed E-state index contributed by atoms with van der Waals surface area (Å²) in [6, 6.07) is 4.64. The van der Waals surface area contributed by atoms with Crippen LogP contribution in [0.5, 0.6) is 5.75 Å². The lowest BCUT2D eigenvalue weighted by Gasteiger charge is -2.08. The Balaban J connectivity index is 2.16. The Morgan fingerprint density at radius 1 is 1.20 bits per heavy atom. The minimum atomic E-state index is -4.71. The van der Waals surface area contributed by atoms with E-state index in [1.165, 1.54) is 6.07 Å². The molecule has 0 aliphatic carbocycles. The SMILES string of the molecule is O=C(N/N=C\c1cc(Br)cc(Br)c1O)c1ccc(C(F)(F)F)cc1F. The summed E-state index contributed by atoms with van der Waals surface area (Å²) < 4.78 is 52.1. The van der Waals surface area contributed by atoms with E-state index in [1.807, 2.05) is 5.43 Å². The van der Waals surface area contributed by atoms with E-state index in [4.69, 9.17) is 0 Å². The molecule has 132 valence electrons. The highest BCUT2D eigenvalue weighted by Gasteiger charge is 2.31. The third kappa shape index (κ3) is 4.79. The molecule has 0 heterocycles. The molecule has 4 nitrogen and oxygen atoms in total. The summed E-state index contributed by atoms with van der Waals surface area (Å²) in [5.41, 5.74) is 0.432. The standard InChI is InChI=1S/C15H8Br2F4N2O2/c16-9-3-7(13(24)11(17)5-9)6-22-23-14(25)10-2-1-8(4-12(10)18)15(19,20)21/h1-6,24H,(H,23,25)/b22-6-. The van der Waals surface area contributed by atoms with Crippen molar-refractivity contribution in [3.05, 3.63) is 61.8 Å². The Hall–Kier alpha value is -1.94. The maximum Gasteiger partial charge on any atom is 0.416 e. The number of phenols is 1. The van der Waals surface area contributed by atoms with Crippen molar-refractivity contribution < 1.29 is 27.5 Å². The van der Waals surface area contributed by atoms with E-state index in [-0.39, 0.29) is 17.4 Å². The van der Waals surface area contributed by atoms with Gasteiger partial charge in [0.15, 0.2) is 0 Å². The topological polar surface area (TPSA) is 61.7 Å². The third-order valence-corrected chi connectivity index (χ3v) is 4.03. The van der Waals surface area contributed by atoms with Gasteiger partial charge in [0.05, 0.1) is 21.8 Å². The maximum absolute atomic E-state index is 13.7. The number of carbonyl (C=O) groups is 1. The van der Waals surface area contributed by atoms with Crippen molar-refractivity contribution in [2.45, 2.75) is 6.18 Å². The summed E-state index contributed by atoms with van der Waals surface area (Å²) in [5, 5.41) is 13.4. The second-order valence-electron chi connectivity index (χ2n) is 4.72. The van der Waals surface area contributed by atoms with Gasteiger partial charge < -0.3 is 5.11 Å². The van der Waals surface area contributed by atoms with Crippen LogP contribution in [0.3, 0.4) is 0 Å². The molecule has 0 saturated carbocycles. The number of nitrogens with zero attached hydrogens (tertiary/aromatic N) is 1. The highest BCUT2D eigenvalue weighted by Crippen LogP contribution is 2.31. The molecule has 0 unspecified atom stereocenters. The number of halogens is 6. The molecule has 25 heavy (non-hydrogen) atoms. The van der Waals surface area contributed by atoms with Crippen molar-refractivity contribution in [1.29, 1.82) is 0 Å². The molecule has 0 fully saturated rings. The van der Waals surface area contributed by atoms with Gasteiger partial charge in [-0.3, -0.25) is 4.79 Å². The van der Waals surface area contributed by atoms with Crippen molar-refractivity contribution in [3.63, 3.8) is 0 Å². The molecule has 10 heteroatoms. The van der Waals surface area contributed by atoms with Gasteiger partial charge in [-0.15, -0.1) is 0 Å². The molecule has 2 aromatic rings. The van der Waals surface area contributed by atoms with Crippen LogP contribution in [0.1, 0.15) is 21.5 Å². The van der Waals surface area contributed by atoms with Gasteiger partial charge in [0.25, 0.3) is 5.91 Å². The van der Waals surface area contributed by atoms with Crippen molar-refractivity contribution in [3.8, 4) is 5.75 Å². The molecular weight excluding hydrogens is 476 g/mol. The van der Waals surface area contributed by atoms with Crippen LogP contribution in [0.15, 0.2) is 44.4 Å². The Kier molecular flexibility index (Phi) is 5.83. The van der Waals surface area contributed by atoms with Crippen LogP contribution < -0.4 is 5.43 Å². The first-order chi connectivity index (χ1) is 11.6. The fourth-order valence-electron chi connectivity index (χ4n) is 1.78. The van der Waals surface area contributed by atoms with Crippen LogP contribution in [-0.4, -0.2) is 17.2 Å². The molecule has 0 bridgehead atoms. The Morgan fingerprint density at radius 3 is 2.48 bits per heavy atom. The lowest BCUT2D eigenvalue weighted by molar-refractivity contribution is -0.137. The van der Waals surface area contributed by atoms with E-state index in [1.54, 1.807) is 6.07 Å². The fraction of sp³-hybridized carbons (Fsp3) is 0.0667. The minimum absolute atomic E-state index is 0.137. The van der Waals surface area contributed by atoms with E-state index in [0.29, 0.717) is 15.0 Å². The number of hydrogen-bond acceptors (Lipinski definition) is 3. The summed E-state index contributed by atoms with van der Waals surface area (Å²) in [5.74, 6) is -2.49. The minimum Gasteiger partial charge on any atom is -0.506 e. The molecule has 0 atom stereocenters. The van der Waals surface area contributed by atoms with Crippen molar-refractivity contribution in [1.82, 2.24) is 5.43 Å². The molecule has 0 saturated heterocycles. The average Bonchev–Trinajstić information content (AvgIpc) is 2.50. The quantitative estimate of drug-likeness (QED) is 0.373. The Bertz CT molecular complexity index is 854. The molecule has 2 aromatic carbocycles. The highest BCUT2D eigenvalue weighted by atomic mass is 79.9. The van der Waals surface area contributed by atoms with Crippen LogP contribution in [0.25, 0.3) is 0 Å². The van der Waals surface area contributed by atoms with Crippen molar-refractivity contribution in [2.24, 2.45) is 5.10 Å². The Labute approximate surface area is 155 Å². The van der Waals surface area contributed by atoms with Gasteiger partial charge in [-0.05, 0) is 46.3 Å². The number of aromatic hydroxyl groups is 1. The van der Waals surface area contributed by atoms with Gasteiger partial charge in [0.2, 0.25) is 0 Å². The summed E-state index contributed by atoms with van der Waals surface area (Å²) in [6.45, 7) is 0. The van der Waals surface area contributed by atoms with Gasteiger partial charge in [-0.1, -0.05) is 15.9 Å². The zero-order valence-electron chi connectivity index (χ0n) is 12.0. The Morgan fingerprint density at radius 2 is 1.88 bits per heavy atom. The summed E-state index contributed by atoms with van der Waals surface area (Å²) in [4.78, 5) is 11.8. The number of alkyl halides is 3. The first-order valence-corrected chi connectivity index (χ1v) is 8.06. The first kappa shape index (κ1) is 19.4. The summed E-state index contributed by atoms with van der Waals surface area (Å²) >= 11 is 6.32. The molecule has 2 rings (SSSR count). The largest absolute Gasteiger partial charge is 0.506 e. The maximum atomic E-state index is 13.7. The number of nitrogens with one attached hydrogen (secondary N) is 1. The van der Waals surface area contributed by atoms with E-state index >= 15 is 0 Å². The van der Waals surface area contributed by atoms with E-state index in [2.05, 4.69) is 37.0 Å². The average molecular weight is 484 g/mol. The molecule has 0 aliphatic heterocycles. The smallest absolute Gasteiger partial charge is 0.416 e. The van der Waals surface area contributed by atoms with Gasteiger partial charge in [0.1, 0.15) is 11.6 Å². The lowest BCUT2D eigenvalue weighted by atomic mass is 10.1. The van der Waals surface area contributed by atoms with Gasteiger partial charge in [0, 0.05) is 10.0 Å². The predicted molar refractivity (Wildman–Crippen MR) is 90.0 cm³/mol. The predicted octanol–water partition coefficient (Wildman–Crippen LogP) is 4.84. The number of phenolic OH excluding ortho intramolecular Hbond substituents is 1. The zero-order valence-corrected chi connectivity index (χ0v) is 15.2. The number of carbonyl (C=O) groups excluding carboxylic acids is 1. The lowest BCUT2D eigenvalue weighted by Crippen LogP contribution is -2.19.